The van der Waals surface area contributed by atoms with Crippen LogP contribution in [-0.4, -0.2) is 70.7 Å². The lowest BCUT2D eigenvalue weighted by atomic mass is 10.2. The minimum atomic E-state index is -0.612. The van der Waals surface area contributed by atoms with E-state index in [0.29, 0.717) is 19.1 Å². The molecule has 24 heavy (non-hydrogen) atoms. The van der Waals surface area contributed by atoms with Gasteiger partial charge in [0.2, 0.25) is 5.91 Å². The maximum absolute atomic E-state index is 12.1. The molecule has 2 aliphatic rings. The van der Waals surface area contributed by atoms with Gasteiger partial charge in [0, 0.05) is 42.8 Å². The van der Waals surface area contributed by atoms with Crippen molar-refractivity contribution in [1.29, 1.82) is 0 Å². The first kappa shape index (κ1) is 15.5. The van der Waals surface area contributed by atoms with Crippen LogP contribution in [0.25, 0.3) is 10.9 Å². The standard InChI is InChI=1S/C18H23N3O3/c22-14(10-20-8-9-21(13-4-5-13)18(23)11-20)12-24-17-3-1-2-16-15(17)6-7-19-16/h1-3,6-7,13-14,19,22H,4-5,8-12H2. The zero-order chi connectivity index (χ0) is 16.5. The lowest BCUT2D eigenvalue weighted by Crippen LogP contribution is -2.53. The Labute approximate surface area is 141 Å². The first-order valence-electron chi connectivity index (χ1n) is 8.59. The zero-order valence-electron chi connectivity index (χ0n) is 13.6. The second-order valence-electron chi connectivity index (χ2n) is 6.71. The molecule has 1 aliphatic carbocycles. The number of carbonyl (C=O) groups excluding carboxylic acids is 1. The molecule has 0 bridgehead atoms. The van der Waals surface area contributed by atoms with E-state index < -0.39 is 6.10 Å². The van der Waals surface area contributed by atoms with Crippen molar-refractivity contribution in [3.8, 4) is 5.75 Å². The van der Waals surface area contributed by atoms with Gasteiger partial charge in [-0.1, -0.05) is 6.07 Å². The number of hydrogen-bond donors (Lipinski definition) is 2. The molecule has 4 rings (SSSR count). The fourth-order valence-corrected chi connectivity index (χ4v) is 3.38. The Morgan fingerprint density at radius 2 is 2.17 bits per heavy atom. The highest BCUT2D eigenvalue weighted by molar-refractivity contribution is 5.85. The van der Waals surface area contributed by atoms with Gasteiger partial charge in [-0.05, 0) is 31.0 Å². The summed E-state index contributed by atoms with van der Waals surface area (Å²) in [6.07, 6.45) is 3.55. The van der Waals surface area contributed by atoms with Gasteiger partial charge in [-0.2, -0.15) is 0 Å². The molecule has 1 unspecified atom stereocenters. The third kappa shape index (κ3) is 3.25. The van der Waals surface area contributed by atoms with Crippen molar-refractivity contribution in [3.63, 3.8) is 0 Å². The monoisotopic (exact) mass is 329 g/mol. The lowest BCUT2D eigenvalue weighted by Gasteiger charge is -2.35. The number of aromatic nitrogens is 1. The van der Waals surface area contributed by atoms with E-state index in [-0.39, 0.29) is 12.5 Å². The molecule has 1 atom stereocenters. The Balaban J connectivity index is 1.28. The van der Waals surface area contributed by atoms with Gasteiger partial charge in [-0.25, -0.2) is 0 Å². The van der Waals surface area contributed by atoms with E-state index in [1.165, 1.54) is 0 Å². The minimum absolute atomic E-state index is 0.189. The number of carbonyl (C=O) groups is 1. The van der Waals surface area contributed by atoms with Crippen LogP contribution < -0.4 is 4.74 Å². The number of H-pyrrole nitrogens is 1. The third-order valence-corrected chi connectivity index (χ3v) is 4.78. The number of β-amino-alcohol motifs (C(OH)–C–C–N with tert-alkyl or cyclic N) is 1. The molecular formula is C18H23N3O3. The molecule has 1 aromatic heterocycles. The Kier molecular flexibility index (Phi) is 4.16. The Morgan fingerprint density at radius 3 is 2.96 bits per heavy atom. The van der Waals surface area contributed by atoms with E-state index >= 15 is 0 Å². The van der Waals surface area contributed by atoms with Gasteiger partial charge < -0.3 is 19.7 Å². The van der Waals surface area contributed by atoms with Crippen molar-refractivity contribution in [2.24, 2.45) is 0 Å². The van der Waals surface area contributed by atoms with Crippen molar-refractivity contribution in [1.82, 2.24) is 14.8 Å². The van der Waals surface area contributed by atoms with Gasteiger partial charge >= 0.3 is 0 Å². The molecular weight excluding hydrogens is 306 g/mol. The summed E-state index contributed by atoms with van der Waals surface area (Å²) in [5.41, 5.74) is 1.02. The molecule has 1 aliphatic heterocycles. The molecule has 0 spiro atoms. The number of aliphatic hydroxyl groups is 1. The highest BCUT2D eigenvalue weighted by Crippen LogP contribution is 2.28. The van der Waals surface area contributed by atoms with Gasteiger partial charge in [0.1, 0.15) is 18.5 Å². The number of benzene rings is 1. The molecule has 2 aromatic rings. The van der Waals surface area contributed by atoms with Crippen LogP contribution in [0.1, 0.15) is 12.8 Å². The predicted molar refractivity (Wildman–Crippen MR) is 91.0 cm³/mol. The van der Waals surface area contributed by atoms with E-state index in [1.54, 1.807) is 0 Å². The van der Waals surface area contributed by atoms with Crippen LogP contribution in [0.3, 0.4) is 0 Å². The fourth-order valence-electron chi connectivity index (χ4n) is 3.38. The average Bonchev–Trinajstić information content (AvgIpc) is 3.29. The second-order valence-corrected chi connectivity index (χ2v) is 6.71. The highest BCUT2D eigenvalue weighted by atomic mass is 16.5. The van der Waals surface area contributed by atoms with E-state index in [9.17, 15) is 9.90 Å². The smallest absolute Gasteiger partial charge is 0.237 e. The molecule has 1 saturated carbocycles. The van der Waals surface area contributed by atoms with Crippen LogP contribution in [0.2, 0.25) is 0 Å². The predicted octanol–water partition coefficient (Wildman–Crippen LogP) is 1.21. The third-order valence-electron chi connectivity index (χ3n) is 4.78. The highest BCUT2D eigenvalue weighted by Gasteiger charge is 2.35. The lowest BCUT2D eigenvalue weighted by molar-refractivity contribution is -0.137. The van der Waals surface area contributed by atoms with Gasteiger partial charge in [-0.15, -0.1) is 0 Å². The molecule has 1 saturated heterocycles. The topological polar surface area (TPSA) is 68.8 Å². The summed E-state index contributed by atoms with van der Waals surface area (Å²) in [6, 6.07) is 8.27. The van der Waals surface area contributed by atoms with E-state index in [0.717, 1.165) is 42.6 Å². The first-order chi connectivity index (χ1) is 11.7. The van der Waals surface area contributed by atoms with Crippen LogP contribution >= 0.6 is 0 Å². The Bertz CT molecular complexity index is 725. The molecule has 0 radical (unpaired) electrons. The largest absolute Gasteiger partial charge is 0.490 e. The van der Waals surface area contributed by atoms with E-state index in [2.05, 4.69) is 4.98 Å². The molecule has 128 valence electrons. The van der Waals surface area contributed by atoms with Gasteiger partial charge in [0.05, 0.1) is 6.54 Å². The summed E-state index contributed by atoms with van der Waals surface area (Å²) in [4.78, 5) is 19.3. The number of rotatable bonds is 6. The number of aromatic amines is 1. The number of fused-ring (bicyclic) bond motifs is 1. The molecule has 6 nitrogen and oxygen atoms in total. The van der Waals surface area contributed by atoms with Gasteiger partial charge in [0.25, 0.3) is 0 Å². The average molecular weight is 329 g/mol. The minimum Gasteiger partial charge on any atom is -0.490 e. The quantitative estimate of drug-likeness (QED) is 0.836. The van der Waals surface area contributed by atoms with E-state index in [4.69, 9.17) is 4.74 Å². The van der Waals surface area contributed by atoms with E-state index in [1.807, 2.05) is 40.3 Å². The number of amides is 1. The maximum atomic E-state index is 12.1. The summed E-state index contributed by atoms with van der Waals surface area (Å²) < 4.78 is 5.79. The molecule has 1 aromatic carbocycles. The summed E-state index contributed by atoms with van der Waals surface area (Å²) in [7, 11) is 0. The summed E-state index contributed by atoms with van der Waals surface area (Å²) in [5.74, 6) is 0.955. The number of ether oxygens (including phenoxy) is 1. The molecule has 2 N–H and O–H groups in total. The van der Waals surface area contributed by atoms with Crippen LogP contribution in [0.5, 0.6) is 5.75 Å². The number of nitrogens with zero attached hydrogens (tertiary/aromatic N) is 2. The van der Waals surface area contributed by atoms with Crippen LogP contribution in [-0.2, 0) is 4.79 Å². The SMILES string of the molecule is O=C1CN(CC(O)COc2cccc3[nH]ccc23)CCN1C1CC1. The second kappa shape index (κ2) is 6.45. The summed E-state index contributed by atoms with van der Waals surface area (Å²) in [6.45, 7) is 2.70. The molecule has 2 fully saturated rings. The molecule has 1 amide bonds. The van der Waals surface area contributed by atoms with Crippen LogP contribution in [0.4, 0.5) is 0 Å². The van der Waals surface area contributed by atoms with Crippen molar-refractivity contribution in [2.75, 3.05) is 32.8 Å². The Morgan fingerprint density at radius 1 is 1.29 bits per heavy atom. The first-order valence-corrected chi connectivity index (χ1v) is 8.59. The van der Waals surface area contributed by atoms with Crippen LogP contribution in [0, 0.1) is 0 Å². The van der Waals surface area contributed by atoms with Crippen LogP contribution in [0.15, 0.2) is 30.5 Å². The molecule has 2 heterocycles. The Hall–Kier alpha value is -2.05. The summed E-state index contributed by atoms with van der Waals surface area (Å²) >= 11 is 0. The number of hydrogen-bond acceptors (Lipinski definition) is 4. The maximum Gasteiger partial charge on any atom is 0.237 e. The number of piperazine rings is 1. The zero-order valence-corrected chi connectivity index (χ0v) is 13.6. The normalized spacial score (nSPS) is 20.5. The van der Waals surface area contributed by atoms with Crippen molar-refractivity contribution in [3.05, 3.63) is 30.5 Å². The number of nitrogens with one attached hydrogen (secondary N) is 1. The van der Waals surface area contributed by atoms with Crippen molar-refractivity contribution < 1.29 is 14.6 Å². The molecule has 6 heteroatoms. The van der Waals surface area contributed by atoms with Gasteiger partial charge in [-0.3, -0.25) is 9.69 Å². The fraction of sp³-hybridized carbons (Fsp3) is 0.500. The number of aliphatic hydroxyl groups excluding tert-OH is 1. The van der Waals surface area contributed by atoms with Crippen molar-refractivity contribution in [2.45, 2.75) is 25.0 Å². The van der Waals surface area contributed by atoms with Gasteiger partial charge in [0.15, 0.2) is 0 Å². The summed E-state index contributed by atoms with van der Waals surface area (Å²) in [5, 5.41) is 11.3. The van der Waals surface area contributed by atoms with Crippen molar-refractivity contribution >= 4 is 16.8 Å².